The smallest absolute Gasteiger partial charge is 0.325 e. The molecule has 0 fully saturated rings. The number of ether oxygens (including phenoxy) is 6. The zero-order valence-corrected chi connectivity index (χ0v) is 32.2. The van der Waals surface area contributed by atoms with Crippen molar-refractivity contribution in [1.82, 2.24) is 24.9 Å². The minimum atomic E-state index is -0.447. The molecule has 2 amide bonds. The molecule has 18 heteroatoms. The molecule has 55 heavy (non-hydrogen) atoms. The van der Waals surface area contributed by atoms with E-state index in [1.165, 1.54) is 24.0 Å². The van der Waals surface area contributed by atoms with Crippen LogP contribution in [0.25, 0.3) is 21.8 Å². The lowest BCUT2D eigenvalue weighted by molar-refractivity contribution is 0.262. The molecule has 4 aromatic carbocycles. The second-order valence-electron chi connectivity index (χ2n) is 11.2. The number of carbonyl (C=O) groups excluding carboxylic acids is 1. The lowest BCUT2D eigenvalue weighted by atomic mass is 10.2. The molecule has 3 heterocycles. The largest absolute Gasteiger partial charge is 0.493 e. The summed E-state index contributed by atoms with van der Waals surface area (Å²) in [5, 5.41) is 9.74. The quantitative estimate of drug-likeness (QED) is 0.111. The Bertz CT molecular complexity index is 2510. The van der Waals surface area contributed by atoms with Crippen LogP contribution in [0, 0.1) is 6.92 Å². The molecule has 0 aliphatic rings. The van der Waals surface area contributed by atoms with Gasteiger partial charge in [-0.15, -0.1) is 11.3 Å². The predicted octanol–water partition coefficient (Wildman–Crippen LogP) is 9.18. The number of aryl methyl sites for hydroxylation is 1. The van der Waals surface area contributed by atoms with Gasteiger partial charge in [-0.05, 0) is 43.3 Å². The van der Waals surface area contributed by atoms with Gasteiger partial charge in [-0.1, -0.05) is 23.2 Å². The number of nitrogens with one attached hydrogen (secondary N) is 2. The number of rotatable bonds is 10. The van der Waals surface area contributed by atoms with Gasteiger partial charge in [-0.3, -0.25) is 5.32 Å². The standard InChI is InChI=1S/C21H18ClN5O4S.C16H14ClN3O3/c1-11-9-32-21(25-11)27-20(28)26-15-5-4-12(6-14(15)22)31-19-13-7-17(29-2)18(30-3)8-16(13)23-10-24-19;1-21-14-6-10-13(7-15(14)22-2)19-8-20-16(10)23-9-3-4-12(18)11(17)5-9/h4-10H,1-3H3,(H2,25,26,27,28);3-8H,18H2,1-2H3. The molecule has 15 nitrogen and oxygen atoms in total. The number of amides is 2. The Morgan fingerprint density at radius 3 is 1.65 bits per heavy atom. The van der Waals surface area contributed by atoms with E-state index in [0.717, 1.165) is 5.69 Å². The zero-order valence-electron chi connectivity index (χ0n) is 29.8. The summed E-state index contributed by atoms with van der Waals surface area (Å²) in [5.74, 6) is 3.90. The number of thiazole rings is 1. The van der Waals surface area contributed by atoms with Crippen LogP contribution < -0.4 is 44.8 Å². The van der Waals surface area contributed by atoms with Crippen molar-refractivity contribution in [3.05, 3.63) is 94.4 Å². The van der Waals surface area contributed by atoms with E-state index in [9.17, 15) is 4.79 Å². The third-order valence-corrected chi connectivity index (χ3v) is 9.15. The average Bonchev–Trinajstić information content (AvgIpc) is 3.60. The number of hydrogen-bond acceptors (Lipinski definition) is 14. The van der Waals surface area contributed by atoms with Gasteiger partial charge in [0, 0.05) is 29.6 Å². The normalized spacial score (nSPS) is 10.6. The summed E-state index contributed by atoms with van der Waals surface area (Å²) in [5.41, 5.74) is 8.74. The highest BCUT2D eigenvalue weighted by Crippen LogP contribution is 2.38. The van der Waals surface area contributed by atoms with E-state index >= 15 is 0 Å². The first-order valence-electron chi connectivity index (χ1n) is 16.0. The second-order valence-corrected chi connectivity index (χ2v) is 12.9. The van der Waals surface area contributed by atoms with Gasteiger partial charge in [0.25, 0.3) is 0 Å². The summed E-state index contributed by atoms with van der Waals surface area (Å²) in [6.07, 6.45) is 2.81. The Labute approximate surface area is 328 Å². The summed E-state index contributed by atoms with van der Waals surface area (Å²) < 4.78 is 33.0. The topological polar surface area (TPSA) is 187 Å². The minimum absolute atomic E-state index is 0.297. The summed E-state index contributed by atoms with van der Waals surface area (Å²) in [6.45, 7) is 1.85. The third kappa shape index (κ3) is 9.06. The Balaban J connectivity index is 0.000000197. The maximum atomic E-state index is 12.2. The number of benzene rings is 4. The number of nitrogens with zero attached hydrogens (tertiary/aromatic N) is 5. The van der Waals surface area contributed by atoms with Gasteiger partial charge in [0.15, 0.2) is 28.1 Å². The Morgan fingerprint density at radius 2 is 1.18 bits per heavy atom. The van der Waals surface area contributed by atoms with Crippen molar-refractivity contribution in [2.75, 3.05) is 44.8 Å². The van der Waals surface area contributed by atoms with Gasteiger partial charge in [-0.25, -0.2) is 29.7 Å². The van der Waals surface area contributed by atoms with E-state index in [4.69, 9.17) is 57.4 Å². The number of nitrogens with two attached hydrogens (primary N) is 1. The molecule has 0 radical (unpaired) electrons. The van der Waals surface area contributed by atoms with Crippen molar-refractivity contribution in [2.24, 2.45) is 0 Å². The lowest BCUT2D eigenvalue weighted by Crippen LogP contribution is -2.19. The van der Waals surface area contributed by atoms with Crippen LogP contribution in [0.4, 0.5) is 21.3 Å². The van der Waals surface area contributed by atoms with Gasteiger partial charge in [-0.2, -0.15) is 0 Å². The van der Waals surface area contributed by atoms with Crippen LogP contribution >= 0.6 is 34.5 Å². The van der Waals surface area contributed by atoms with Gasteiger partial charge >= 0.3 is 6.03 Å². The summed E-state index contributed by atoms with van der Waals surface area (Å²) in [6, 6.07) is 16.5. The second kappa shape index (κ2) is 17.2. The third-order valence-electron chi connectivity index (χ3n) is 7.64. The highest BCUT2D eigenvalue weighted by atomic mass is 35.5. The molecule has 0 aliphatic heterocycles. The molecule has 0 aliphatic carbocycles. The molecule has 7 aromatic rings. The molecule has 0 spiro atoms. The Morgan fingerprint density at radius 1 is 0.673 bits per heavy atom. The molecule has 0 saturated heterocycles. The van der Waals surface area contributed by atoms with Crippen LogP contribution in [0.5, 0.6) is 46.3 Å². The highest BCUT2D eigenvalue weighted by Gasteiger charge is 2.15. The number of urea groups is 1. The van der Waals surface area contributed by atoms with E-state index in [1.54, 1.807) is 89.1 Å². The average molecular weight is 804 g/mol. The molecule has 0 unspecified atom stereocenters. The SMILES string of the molecule is COc1cc2ncnc(Oc3ccc(N)c(Cl)c3)c2cc1OC.COc1cc2ncnc(Oc3ccc(NC(=O)Nc4nc(C)cs4)c(Cl)c3)c2cc1OC. The molecule has 0 bridgehead atoms. The van der Waals surface area contributed by atoms with E-state index in [0.29, 0.717) is 94.6 Å². The van der Waals surface area contributed by atoms with E-state index in [2.05, 4.69) is 35.6 Å². The van der Waals surface area contributed by atoms with Crippen LogP contribution in [0.3, 0.4) is 0 Å². The summed E-state index contributed by atoms with van der Waals surface area (Å²) >= 11 is 13.7. The van der Waals surface area contributed by atoms with E-state index < -0.39 is 6.03 Å². The van der Waals surface area contributed by atoms with E-state index in [1.807, 2.05) is 12.3 Å². The fourth-order valence-electron chi connectivity index (χ4n) is 5.00. The first kappa shape index (κ1) is 38.4. The summed E-state index contributed by atoms with van der Waals surface area (Å²) in [7, 11) is 6.23. The van der Waals surface area contributed by atoms with Crippen LogP contribution in [0.2, 0.25) is 10.0 Å². The molecule has 282 valence electrons. The highest BCUT2D eigenvalue weighted by molar-refractivity contribution is 7.13. The molecule has 4 N–H and O–H groups in total. The van der Waals surface area contributed by atoms with E-state index in [-0.39, 0.29) is 0 Å². The fraction of sp³-hybridized carbons (Fsp3) is 0.135. The molecule has 7 rings (SSSR count). The number of carbonyl (C=O) groups is 1. The van der Waals surface area contributed by atoms with Crippen molar-refractivity contribution in [2.45, 2.75) is 6.92 Å². The number of halogens is 2. The minimum Gasteiger partial charge on any atom is -0.493 e. The monoisotopic (exact) mass is 802 g/mol. The predicted molar refractivity (Wildman–Crippen MR) is 212 cm³/mol. The van der Waals surface area contributed by atoms with Crippen molar-refractivity contribution >= 4 is 78.9 Å². The van der Waals surface area contributed by atoms with Crippen molar-refractivity contribution in [3.63, 3.8) is 0 Å². The van der Waals surface area contributed by atoms with Gasteiger partial charge in [0.2, 0.25) is 11.8 Å². The van der Waals surface area contributed by atoms with Crippen molar-refractivity contribution in [3.8, 4) is 46.3 Å². The summed E-state index contributed by atoms with van der Waals surface area (Å²) in [4.78, 5) is 33.3. The number of nitrogen functional groups attached to an aromatic ring is 1. The molecule has 3 aromatic heterocycles. The van der Waals surface area contributed by atoms with Gasteiger partial charge < -0.3 is 39.5 Å². The first-order chi connectivity index (χ1) is 26.6. The number of hydrogen-bond donors (Lipinski definition) is 3. The van der Waals surface area contributed by atoms with Crippen molar-refractivity contribution < 1.29 is 33.2 Å². The lowest BCUT2D eigenvalue weighted by Gasteiger charge is -2.12. The first-order valence-corrected chi connectivity index (χ1v) is 17.7. The zero-order chi connectivity index (χ0) is 39.1. The van der Waals surface area contributed by atoms with Crippen LogP contribution in [0.15, 0.2) is 78.7 Å². The maximum absolute atomic E-state index is 12.2. The number of anilines is 3. The van der Waals surface area contributed by atoms with Gasteiger partial charge in [0.05, 0.1) is 77.4 Å². The van der Waals surface area contributed by atoms with Crippen LogP contribution in [-0.2, 0) is 0 Å². The van der Waals surface area contributed by atoms with Crippen molar-refractivity contribution in [1.29, 1.82) is 0 Å². The maximum Gasteiger partial charge on any atom is 0.325 e. The van der Waals surface area contributed by atoms with Gasteiger partial charge in [0.1, 0.15) is 24.2 Å². The molecular weight excluding hydrogens is 771 g/mol. The number of aromatic nitrogens is 5. The number of methoxy groups -OCH3 is 4. The van der Waals surface area contributed by atoms with Crippen LogP contribution in [-0.4, -0.2) is 59.4 Å². The molecular formula is C37H32Cl2N8O7S. The molecule has 0 saturated carbocycles. The number of fused-ring (bicyclic) bond motifs is 2. The fourth-order valence-corrected chi connectivity index (χ4v) is 6.07. The molecule has 0 atom stereocenters. The Kier molecular flexibility index (Phi) is 12.0. The van der Waals surface area contributed by atoms with Crippen LogP contribution in [0.1, 0.15) is 5.69 Å². The Hall–Kier alpha value is -6.36.